The number of rotatable bonds is 13. The lowest BCUT2D eigenvalue weighted by molar-refractivity contribution is -0.218. The maximum absolute atomic E-state index is 13.1. The van der Waals surface area contributed by atoms with Crippen LogP contribution in [0.25, 0.3) is 10.8 Å². The SMILES string of the molecule is CC1(C)C(NC(=O)/C(=N\OCCOc2ccc3c(NCCN)nccc3c2)c2csc(N)n2)C(=O)N1OS(=O)(=O)O. The maximum Gasteiger partial charge on any atom is 0.418 e. The van der Waals surface area contributed by atoms with Crippen molar-refractivity contribution in [3.63, 3.8) is 0 Å². The molecule has 0 spiro atoms. The Kier molecular flexibility index (Phi) is 8.88. The number of fused-ring (bicyclic) bond motifs is 1. The first-order chi connectivity index (χ1) is 19.4. The lowest BCUT2D eigenvalue weighted by Gasteiger charge is -2.50. The summed E-state index contributed by atoms with van der Waals surface area (Å²) >= 11 is 1.06. The van der Waals surface area contributed by atoms with Gasteiger partial charge in [0, 0.05) is 30.1 Å². The molecule has 2 amide bonds. The summed E-state index contributed by atoms with van der Waals surface area (Å²) in [4.78, 5) is 39.2. The fourth-order valence-electron chi connectivity index (χ4n) is 3.90. The zero-order chi connectivity index (χ0) is 29.8. The number of anilines is 2. The van der Waals surface area contributed by atoms with Gasteiger partial charge in [0.25, 0.3) is 11.8 Å². The van der Waals surface area contributed by atoms with Gasteiger partial charge >= 0.3 is 10.4 Å². The van der Waals surface area contributed by atoms with Crippen molar-refractivity contribution in [2.45, 2.75) is 25.4 Å². The van der Waals surface area contributed by atoms with Crippen LogP contribution in [0.5, 0.6) is 5.75 Å². The van der Waals surface area contributed by atoms with Gasteiger partial charge in [-0.25, -0.2) is 9.97 Å². The molecule has 0 radical (unpaired) electrons. The van der Waals surface area contributed by atoms with Crippen LogP contribution in [0.1, 0.15) is 19.5 Å². The summed E-state index contributed by atoms with van der Waals surface area (Å²) in [5.74, 6) is -0.442. The summed E-state index contributed by atoms with van der Waals surface area (Å²) in [5.41, 5.74) is 9.76. The molecule has 220 valence electrons. The van der Waals surface area contributed by atoms with Gasteiger partial charge in [-0.15, -0.1) is 15.6 Å². The summed E-state index contributed by atoms with van der Waals surface area (Å²) in [5, 5.41) is 13.4. The fraction of sp³-hybridized carbons (Fsp3) is 0.348. The smallest absolute Gasteiger partial charge is 0.418 e. The van der Waals surface area contributed by atoms with Crippen LogP contribution in [0.3, 0.4) is 0 Å². The number of carbonyl (C=O) groups excluding carboxylic acids is 2. The first kappa shape index (κ1) is 29.9. The number of oxime groups is 1. The Morgan fingerprint density at radius 3 is 2.73 bits per heavy atom. The Hall–Kier alpha value is -4.10. The summed E-state index contributed by atoms with van der Waals surface area (Å²) < 4.78 is 41.0. The molecule has 1 atom stereocenters. The predicted octanol–water partition coefficient (Wildman–Crippen LogP) is 0.284. The van der Waals surface area contributed by atoms with E-state index in [1.54, 1.807) is 12.3 Å². The molecular weight excluding hydrogens is 580 g/mol. The highest BCUT2D eigenvalue weighted by Crippen LogP contribution is 2.33. The highest BCUT2D eigenvalue weighted by atomic mass is 32.3. The van der Waals surface area contributed by atoms with Crippen LogP contribution in [-0.2, 0) is 29.1 Å². The molecule has 0 saturated carbocycles. The number of nitrogen functional groups attached to an aromatic ring is 1. The van der Waals surface area contributed by atoms with E-state index in [2.05, 4.69) is 30.0 Å². The van der Waals surface area contributed by atoms with E-state index >= 15 is 0 Å². The van der Waals surface area contributed by atoms with E-state index in [-0.39, 0.29) is 29.8 Å². The van der Waals surface area contributed by atoms with Crippen molar-refractivity contribution in [1.29, 1.82) is 0 Å². The number of ether oxygens (including phenoxy) is 1. The van der Waals surface area contributed by atoms with E-state index in [0.717, 1.165) is 27.9 Å². The minimum absolute atomic E-state index is 0.0437. The van der Waals surface area contributed by atoms with Crippen molar-refractivity contribution in [1.82, 2.24) is 20.3 Å². The number of amides is 2. The normalized spacial score (nSPS) is 16.8. The molecule has 1 aromatic carbocycles. The third-order valence-electron chi connectivity index (χ3n) is 5.87. The van der Waals surface area contributed by atoms with Crippen molar-refractivity contribution in [3.8, 4) is 5.75 Å². The average Bonchev–Trinajstić information content (AvgIpc) is 3.35. The molecule has 1 unspecified atom stereocenters. The third-order valence-corrected chi connectivity index (χ3v) is 6.88. The van der Waals surface area contributed by atoms with Crippen molar-refractivity contribution in [3.05, 3.63) is 41.5 Å². The molecule has 1 saturated heterocycles. The molecule has 1 fully saturated rings. The van der Waals surface area contributed by atoms with Gasteiger partial charge in [0.2, 0.25) is 0 Å². The van der Waals surface area contributed by atoms with Gasteiger partial charge in [-0.3, -0.25) is 14.1 Å². The standard InChI is InChI=1S/C23H28N8O8S2/c1-23(2)18(21(33)31(23)39-41(34,35)36)29-20(32)17(16-12-40-22(25)28-16)30-38-10-9-37-14-3-4-15-13(11-14)5-7-26-19(15)27-8-6-24/h3-5,7,11-12,18H,6,8-10,24H2,1-2H3,(H2,25,28)(H,26,27)(H,29,32)(H,34,35,36)/b30-17-. The second-order valence-electron chi connectivity index (χ2n) is 9.15. The number of carbonyl (C=O) groups is 2. The van der Waals surface area contributed by atoms with E-state index in [1.807, 2.05) is 18.2 Å². The Bertz CT molecular complexity index is 1580. The number of pyridine rings is 1. The van der Waals surface area contributed by atoms with Crippen molar-refractivity contribution in [2.75, 3.05) is 37.4 Å². The Balaban J connectivity index is 1.39. The van der Waals surface area contributed by atoms with Crippen LogP contribution >= 0.6 is 11.3 Å². The molecule has 41 heavy (non-hydrogen) atoms. The summed E-state index contributed by atoms with van der Waals surface area (Å²) in [7, 11) is -4.95. The molecule has 3 heterocycles. The zero-order valence-electron chi connectivity index (χ0n) is 21.9. The second kappa shape index (κ2) is 12.2. The molecule has 18 heteroatoms. The van der Waals surface area contributed by atoms with E-state index < -0.39 is 33.8 Å². The van der Waals surface area contributed by atoms with Crippen LogP contribution in [0.4, 0.5) is 10.9 Å². The van der Waals surface area contributed by atoms with Crippen LogP contribution in [0.2, 0.25) is 0 Å². The van der Waals surface area contributed by atoms with Crippen LogP contribution in [-0.4, -0.2) is 83.4 Å². The molecule has 0 aliphatic carbocycles. The second-order valence-corrected chi connectivity index (χ2v) is 11.0. The number of β-lactam (4-membered cyclic amide) rings is 1. The maximum atomic E-state index is 13.1. The van der Waals surface area contributed by atoms with Gasteiger partial charge in [0.05, 0.1) is 5.54 Å². The first-order valence-corrected chi connectivity index (χ1v) is 14.3. The van der Waals surface area contributed by atoms with E-state index in [9.17, 15) is 18.0 Å². The van der Waals surface area contributed by atoms with E-state index in [4.69, 9.17) is 25.6 Å². The van der Waals surface area contributed by atoms with Crippen molar-refractivity contribution >= 4 is 61.0 Å². The molecule has 0 bridgehead atoms. The minimum Gasteiger partial charge on any atom is -0.490 e. The van der Waals surface area contributed by atoms with Crippen molar-refractivity contribution in [2.24, 2.45) is 10.9 Å². The van der Waals surface area contributed by atoms with E-state index in [0.29, 0.717) is 23.9 Å². The monoisotopic (exact) mass is 608 g/mol. The van der Waals surface area contributed by atoms with Crippen LogP contribution < -0.4 is 26.8 Å². The number of nitrogens with one attached hydrogen (secondary N) is 2. The quantitative estimate of drug-likeness (QED) is 0.0577. The fourth-order valence-corrected chi connectivity index (χ4v) is 4.91. The number of benzene rings is 1. The number of hydrogen-bond donors (Lipinski definition) is 5. The van der Waals surface area contributed by atoms with Gasteiger partial charge in [0.1, 0.15) is 29.9 Å². The molecule has 3 aromatic rings. The number of nitrogens with two attached hydrogens (primary N) is 2. The average molecular weight is 609 g/mol. The van der Waals surface area contributed by atoms with Gasteiger partial charge in [0.15, 0.2) is 17.5 Å². The van der Waals surface area contributed by atoms with Crippen LogP contribution in [0.15, 0.2) is 41.0 Å². The number of nitrogens with zero attached hydrogens (tertiary/aromatic N) is 4. The van der Waals surface area contributed by atoms with Crippen LogP contribution in [0, 0.1) is 0 Å². The number of hydrogen-bond acceptors (Lipinski definition) is 14. The molecular formula is C23H28N8O8S2. The topological polar surface area (TPSA) is 234 Å². The first-order valence-electron chi connectivity index (χ1n) is 12.1. The predicted molar refractivity (Wildman–Crippen MR) is 149 cm³/mol. The van der Waals surface area contributed by atoms with Gasteiger partial charge < -0.3 is 31.7 Å². The van der Waals surface area contributed by atoms with Gasteiger partial charge in [-0.2, -0.15) is 13.5 Å². The minimum atomic E-state index is -4.95. The summed E-state index contributed by atoms with van der Waals surface area (Å²) in [6, 6.07) is 6.15. The third kappa shape index (κ3) is 6.98. The lowest BCUT2D eigenvalue weighted by Crippen LogP contribution is -2.76. The highest BCUT2D eigenvalue weighted by molar-refractivity contribution is 7.80. The Morgan fingerprint density at radius 1 is 1.29 bits per heavy atom. The lowest BCUT2D eigenvalue weighted by atomic mass is 9.84. The molecule has 16 nitrogen and oxygen atoms in total. The molecule has 4 rings (SSSR count). The highest BCUT2D eigenvalue weighted by Gasteiger charge is 2.58. The van der Waals surface area contributed by atoms with Gasteiger partial charge in [-0.1, -0.05) is 5.16 Å². The molecule has 1 aliphatic heterocycles. The van der Waals surface area contributed by atoms with Gasteiger partial charge in [-0.05, 0) is 43.5 Å². The number of hydroxylamine groups is 2. The summed E-state index contributed by atoms with van der Waals surface area (Å²) in [6.07, 6.45) is 1.68. The Labute approximate surface area is 238 Å². The number of aromatic nitrogens is 2. The summed E-state index contributed by atoms with van der Waals surface area (Å²) in [6.45, 7) is 3.96. The van der Waals surface area contributed by atoms with Crippen molar-refractivity contribution < 1.29 is 36.4 Å². The van der Waals surface area contributed by atoms with E-state index in [1.165, 1.54) is 19.2 Å². The molecule has 2 aromatic heterocycles. The molecule has 1 aliphatic rings. The molecule has 7 N–H and O–H groups in total. The zero-order valence-corrected chi connectivity index (χ0v) is 23.6. The largest absolute Gasteiger partial charge is 0.490 e. The Morgan fingerprint density at radius 2 is 2.07 bits per heavy atom. The number of thiazole rings is 1.